The number of aliphatic hydroxyl groups excluding tert-OH is 1. The maximum atomic E-state index is 13.6. The summed E-state index contributed by atoms with van der Waals surface area (Å²) >= 11 is 0. The summed E-state index contributed by atoms with van der Waals surface area (Å²) in [5.41, 5.74) is 7.52. The van der Waals surface area contributed by atoms with Gasteiger partial charge in [0.2, 0.25) is 5.91 Å². The number of nitrogens with one attached hydrogen (secondary N) is 2. The molecule has 0 fully saturated rings. The molecule has 2 unspecified atom stereocenters. The minimum atomic E-state index is -1.03. The fourth-order valence-electron chi connectivity index (χ4n) is 4.82. The van der Waals surface area contributed by atoms with Crippen LogP contribution in [0, 0.1) is 0 Å². The number of aliphatic hydroxyl groups is 1. The van der Waals surface area contributed by atoms with Crippen LogP contribution in [0.2, 0.25) is 0 Å². The van der Waals surface area contributed by atoms with Gasteiger partial charge in [0, 0.05) is 42.9 Å². The van der Waals surface area contributed by atoms with Gasteiger partial charge in [-0.2, -0.15) is 0 Å². The molecule has 6 N–H and O–H groups in total. The van der Waals surface area contributed by atoms with Gasteiger partial charge in [0.15, 0.2) is 0 Å². The summed E-state index contributed by atoms with van der Waals surface area (Å²) in [5.74, 6) is -0.850. The molecule has 0 radical (unpaired) electrons. The molecule has 10 heteroatoms. The number of aromatic hydroxyl groups is 1. The van der Waals surface area contributed by atoms with Crippen LogP contribution in [0.15, 0.2) is 66.7 Å². The number of hydrogen-bond donors (Lipinski definition) is 5. The Morgan fingerprint density at radius 1 is 0.907 bits per heavy atom. The number of rotatable bonds is 16. The van der Waals surface area contributed by atoms with Crippen LogP contribution in [0.1, 0.15) is 68.9 Å². The van der Waals surface area contributed by atoms with E-state index in [0.717, 1.165) is 24.2 Å². The molecule has 10 nitrogen and oxygen atoms in total. The first kappa shape index (κ1) is 33.1. The van der Waals surface area contributed by atoms with Gasteiger partial charge in [0.25, 0.3) is 11.8 Å². The minimum absolute atomic E-state index is 0.0361. The summed E-state index contributed by atoms with van der Waals surface area (Å²) in [6.07, 6.45) is 0.704. The molecular weight excluding hydrogens is 548 g/mol. The van der Waals surface area contributed by atoms with E-state index in [4.69, 9.17) is 10.5 Å². The number of methoxy groups -OCH3 is 1. The van der Waals surface area contributed by atoms with Crippen LogP contribution in [0.3, 0.4) is 0 Å². The maximum Gasteiger partial charge on any atom is 0.253 e. The zero-order chi connectivity index (χ0) is 31.4. The summed E-state index contributed by atoms with van der Waals surface area (Å²) in [7, 11) is 1.59. The van der Waals surface area contributed by atoms with E-state index >= 15 is 0 Å². The number of nitrogens with two attached hydrogens (primary N) is 1. The summed E-state index contributed by atoms with van der Waals surface area (Å²) in [5, 5.41) is 27.2. The van der Waals surface area contributed by atoms with Gasteiger partial charge in [-0.15, -0.1) is 0 Å². The lowest BCUT2D eigenvalue weighted by Crippen LogP contribution is -2.48. The second-order valence-corrected chi connectivity index (χ2v) is 10.5. The van der Waals surface area contributed by atoms with Gasteiger partial charge in [0.1, 0.15) is 11.5 Å². The van der Waals surface area contributed by atoms with E-state index in [9.17, 15) is 24.6 Å². The van der Waals surface area contributed by atoms with Crippen LogP contribution in [0.4, 0.5) is 0 Å². The lowest BCUT2D eigenvalue weighted by molar-refractivity contribution is 0.0755. The van der Waals surface area contributed by atoms with Gasteiger partial charge >= 0.3 is 0 Å². The molecule has 0 saturated carbocycles. The molecule has 230 valence electrons. The number of primary amides is 1. The number of carbonyl (C=O) groups is 3. The van der Waals surface area contributed by atoms with E-state index in [-0.39, 0.29) is 41.3 Å². The zero-order valence-electron chi connectivity index (χ0n) is 25.0. The number of nitrogens with zero attached hydrogens (tertiary/aromatic N) is 1. The lowest BCUT2D eigenvalue weighted by atomic mass is 9.99. The quantitative estimate of drug-likeness (QED) is 0.172. The molecule has 0 spiro atoms. The SMILES string of the molecule is CCCN(CCC)C(=O)c1cc(C(N)=O)cc(C(=O)NC(Cc2cccc(O)c2)C(O)CNCc2cccc(OC)c2)c1. The largest absolute Gasteiger partial charge is 0.508 e. The molecule has 3 rings (SSSR count). The summed E-state index contributed by atoms with van der Waals surface area (Å²) in [6.45, 7) is 5.62. The Morgan fingerprint density at radius 2 is 1.56 bits per heavy atom. The number of hydrogen-bond acceptors (Lipinski definition) is 7. The molecule has 3 amide bonds. The number of carbonyl (C=O) groups excluding carboxylic acids is 3. The Hall–Kier alpha value is -4.41. The van der Waals surface area contributed by atoms with Gasteiger partial charge in [-0.05, 0) is 72.9 Å². The standard InChI is InChI=1S/C33H42N4O6/c1-4-12-37(13-5-2)33(42)26-18-24(31(34)40)17-25(19-26)32(41)36-29(16-22-8-6-10-27(38)14-22)30(39)21-35-20-23-9-7-11-28(15-23)43-3/h6-11,14-15,17-19,29-30,35,38-39H,4-5,12-13,16,20-21H2,1-3H3,(H2,34,40)(H,36,41). The first-order chi connectivity index (χ1) is 20.6. The van der Waals surface area contributed by atoms with Crippen molar-refractivity contribution in [3.05, 3.63) is 94.5 Å². The molecule has 0 saturated heterocycles. The van der Waals surface area contributed by atoms with Gasteiger partial charge < -0.3 is 36.2 Å². The molecule has 0 bridgehead atoms. The third-order valence-electron chi connectivity index (χ3n) is 6.96. The molecule has 2 atom stereocenters. The van der Waals surface area contributed by atoms with Crippen molar-refractivity contribution in [1.82, 2.24) is 15.5 Å². The molecule has 0 aromatic heterocycles. The Balaban J connectivity index is 1.84. The molecule has 3 aromatic carbocycles. The topological polar surface area (TPSA) is 154 Å². The highest BCUT2D eigenvalue weighted by Crippen LogP contribution is 2.17. The molecule has 3 aromatic rings. The van der Waals surface area contributed by atoms with Crippen molar-refractivity contribution in [3.8, 4) is 11.5 Å². The Morgan fingerprint density at radius 3 is 2.21 bits per heavy atom. The normalized spacial score (nSPS) is 12.3. The van der Waals surface area contributed by atoms with Gasteiger partial charge in [0.05, 0.1) is 19.3 Å². The van der Waals surface area contributed by atoms with E-state index in [2.05, 4.69) is 10.6 Å². The highest BCUT2D eigenvalue weighted by Gasteiger charge is 2.25. The molecule has 0 aliphatic carbocycles. The fourth-order valence-corrected chi connectivity index (χ4v) is 4.82. The molecular formula is C33H42N4O6. The van der Waals surface area contributed by atoms with Crippen LogP contribution in [-0.4, -0.2) is 71.7 Å². The fraction of sp³-hybridized carbons (Fsp3) is 0.364. The van der Waals surface area contributed by atoms with Crippen LogP contribution < -0.4 is 21.1 Å². The van der Waals surface area contributed by atoms with Crippen molar-refractivity contribution in [2.45, 2.75) is 51.8 Å². The first-order valence-electron chi connectivity index (χ1n) is 14.5. The van der Waals surface area contributed by atoms with Crippen molar-refractivity contribution < 1.29 is 29.3 Å². The van der Waals surface area contributed by atoms with E-state index < -0.39 is 24.0 Å². The molecule has 0 aliphatic rings. The van der Waals surface area contributed by atoms with Crippen LogP contribution in [-0.2, 0) is 13.0 Å². The Kier molecular flexibility index (Phi) is 12.5. The van der Waals surface area contributed by atoms with Crippen molar-refractivity contribution in [2.24, 2.45) is 5.73 Å². The van der Waals surface area contributed by atoms with Gasteiger partial charge in [-0.1, -0.05) is 38.1 Å². The van der Waals surface area contributed by atoms with Crippen LogP contribution >= 0.6 is 0 Å². The number of ether oxygens (including phenoxy) is 1. The number of benzene rings is 3. The van der Waals surface area contributed by atoms with E-state index in [1.165, 1.54) is 24.3 Å². The van der Waals surface area contributed by atoms with Crippen molar-refractivity contribution in [1.29, 1.82) is 0 Å². The van der Waals surface area contributed by atoms with E-state index in [0.29, 0.717) is 25.2 Å². The highest BCUT2D eigenvalue weighted by molar-refractivity contribution is 6.04. The number of phenolic OH excluding ortho intramolecular Hbond substituents is 1. The Labute approximate surface area is 252 Å². The zero-order valence-corrected chi connectivity index (χ0v) is 25.0. The second kappa shape index (κ2) is 16.3. The third kappa shape index (κ3) is 9.83. The summed E-state index contributed by atoms with van der Waals surface area (Å²) in [6, 6.07) is 17.5. The molecule has 0 aliphatic heterocycles. The third-order valence-corrected chi connectivity index (χ3v) is 6.96. The van der Waals surface area contributed by atoms with Crippen molar-refractivity contribution in [2.75, 3.05) is 26.7 Å². The predicted molar refractivity (Wildman–Crippen MR) is 165 cm³/mol. The van der Waals surface area contributed by atoms with Crippen molar-refractivity contribution in [3.63, 3.8) is 0 Å². The summed E-state index contributed by atoms with van der Waals surface area (Å²) in [4.78, 5) is 40.7. The van der Waals surface area contributed by atoms with Crippen LogP contribution in [0.25, 0.3) is 0 Å². The second-order valence-electron chi connectivity index (χ2n) is 10.5. The first-order valence-corrected chi connectivity index (χ1v) is 14.5. The average Bonchev–Trinajstić information content (AvgIpc) is 3.00. The minimum Gasteiger partial charge on any atom is -0.508 e. The van der Waals surface area contributed by atoms with Crippen LogP contribution in [0.5, 0.6) is 11.5 Å². The highest BCUT2D eigenvalue weighted by atomic mass is 16.5. The smallest absolute Gasteiger partial charge is 0.253 e. The molecule has 43 heavy (non-hydrogen) atoms. The predicted octanol–water partition coefficient (Wildman–Crippen LogP) is 3.25. The number of phenols is 1. The summed E-state index contributed by atoms with van der Waals surface area (Å²) < 4.78 is 5.27. The van der Waals surface area contributed by atoms with Gasteiger partial charge in [-0.3, -0.25) is 14.4 Å². The van der Waals surface area contributed by atoms with E-state index in [1.807, 2.05) is 38.1 Å². The molecule has 0 heterocycles. The van der Waals surface area contributed by atoms with Gasteiger partial charge in [-0.25, -0.2) is 0 Å². The maximum absolute atomic E-state index is 13.6. The Bertz CT molecular complexity index is 1390. The van der Waals surface area contributed by atoms with Crippen molar-refractivity contribution >= 4 is 17.7 Å². The number of amides is 3. The monoisotopic (exact) mass is 590 g/mol. The lowest BCUT2D eigenvalue weighted by Gasteiger charge is -2.25. The average molecular weight is 591 g/mol. The van der Waals surface area contributed by atoms with E-state index in [1.54, 1.807) is 30.2 Å².